The van der Waals surface area contributed by atoms with Crippen LogP contribution in [0, 0.1) is 0 Å². The number of nitrogens with zero attached hydrogens (tertiary/aromatic N) is 3. The number of carbonyl (C=O) groups is 1. The molecule has 208 valence electrons. The van der Waals surface area contributed by atoms with Crippen molar-refractivity contribution in [1.82, 2.24) is 15.1 Å². The SMILES string of the molecule is Cn1nc(C(F)(F)C(F)(F)F)c(OC(F)F)c1N=CC(=CN)c1ccc(C(F)(F)F)c(C(=O)NC2CC2)c1. The molecule has 2 aromatic rings. The minimum atomic E-state index is -6.22. The molecule has 1 aromatic carbocycles. The number of nitrogens with one attached hydrogen (secondary N) is 1. The van der Waals surface area contributed by atoms with Crippen LogP contribution in [0.1, 0.15) is 40.0 Å². The molecular formula is C21H17F10N5O2. The number of nitrogens with two attached hydrogens (primary N) is 1. The molecule has 1 heterocycles. The van der Waals surface area contributed by atoms with Crippen molar-refractivity contribution in [2.45, 2.75) is 43.8 Å². The van der Waals surface area contributed by atoms with Gasteiger partial charge in [0.15, 0.2) is 17.3 Å². The number of aryl methyl sites for hydroxylation is 1. The van der Waals surface area contributed by atoms with Gasteiger partial charge in [0.05, 0.1) is 11.1 Å². The van der Waals surface area contributed by atoms with E-state index in [9.17, 15) is 48.7 Å². The molecular weight excluding hydrogens is 544 g/mol. The van der Waals surface area contributed by atoms with Crippen molar-refractivity contribution in [2.24, 2.45) is 17.8 Å². The number of allylic oxidation sites excluding steroid dienone is 1. The summed E-state index contributed by atoms with van der Waals surface area (Å²) >= 11 is 0. The van der Waals surface area contributed by atoms with E-state index in [0.717, 1.165) is 25.4 Å². The molecule has 17 heteroatoms. The highest BCUT2D eigenvalue weighted by Gasteiger charge is 2.62. The summed E-state index contributed by atoms with van der Waals surface area (Å²) in [5.41, 5.74) is 0.840. The summed E-state index contributed by atoms with van der Waals surface area (Å²) in [6.07, 6.45) is -8.53. The molecule has 3 N–H and O–H groups in total. The van der Waals surface area contributed by atoms with Crippen LogP contribution in [0.2, 0.25) is 0 Å². The first-order chi connectivity index (χ1) is 17.5. The monoisotopic (exact) mass is 561 g/mol. The molecule has 0 bridgehead atoms. The Hall–Kier alpha value is -3.79. The Morgan fingerprint density at radius 2 is 1.82 bits per heavy atom. The van der Waals surface area contributed by atoms with Crippen LogP contribution in [0.25, 0.3) is 5.57 Å². The fourth-order valence-corrected chi connectivity index (χ4v) is 3.17. The average Bonchev–Trinajstić information content (AvgIpc) is 3.55. The minimum absolute atomic E-state index is 0.149. The molecule has 3 rings (SSSR count). The van der Waals surface area contributed by atoms with Crippen LogP contribution in [-0.2, 0) is 19.1 Å². The molecule has 1 amide bonds. The Labute approximate surface area is 206 Å². The van der Waals surface area contributed by atoms with E-state index in [-0.39, 0.29) is 17.2 Å². The van der Waals surface area contributed by atoms with E-state index in [2.05, 4.69) is 20.1 Å². The summed E-state index contributed by atoms with van der Waals surface area (Å²) in [6.45, 7) is -3.84. The maximum atomic E-state index is 13.9. The maximum Gasteiger partial charge on any atom is 0.459 e. The van der Waals surface area contributed by atoms with Gasteiger partial charge in [-0.25, -0.2) is 9.67 Å². The molecule has 1 aliphatic carbocycles. The number of hydrogen-bond donors (Lipinski definition) is 2. The third-order valence-corrected chi connectivity index (χ3v) is 5.16. The van der Waals surface area contributed by atoms with E-state index in [1.165, 1.54) is 0 Å². The maximum absolute atomic E-state index is 13.9. The predicted molar refractivity (Wildman–Crippen MR) is 112 cm³/mol. The van der Waals surface area contributed by atoms with Crippen molar-refractivity contribution >= 4 is 23.5 Å². The molecule has 0 spiro atoms. The molecule has 38 heavy (non-hydrogen) atoms. The smallest absolute Gasteiger partial charge is 0.428 e. The Bertz CT molecular complexity index is 1260. The largest absolute Gasteiger partial charge is 0.459 e. The Kier molecular flexibility index (Phi) is 7.70. The van der Waals surface area contributed by atoms with Gasteiger partial charge in [-0.1, -0.05) is 6.07 Å². The number of halogens is 10. The second-order valence-electron chi connectivity index (χ2n) is 7.96. The van der Waals surface area contributed by atoms with Crippen molar-refractivity contribution in [3.8, 4) is 5.75 Å². The molecule has 0 saturated heterocycles. The summed E-state index contributed by atoms with van der Waals surface area (Å²) < 4.78 is 137. The van der Waals surface area contributed by atoms with Gasteiger partial charge in [-0.2, -0.15) is 49.0 Å². The fourth-order valence-electron chi connectivity index (χ4n) is 3.17. The lowest BCUT2D eigenvalue weighted by molar-refractivity contribution is -0.291. The molecule has 0 aliphatic heterocycles. The highest BCUT2D eigenvalue weighted by atomic mass is 19.4. The van der Waals surface area contributed by atoms with Crippen LogP contribution in [0.15, 0.2) is 29.4 Å². The summed E-state index contributed by atoms with van der Waals surface area (Å²) in [6, 6.07) is 1.99. The van der Waals surface area contributed by atoms with Crippen molar-refractivity contribution in [3.05, 3.63) is 46.8 Å². The third kappa shape index (κ3) is 6.02. The van der Waals surface area contributed by atoms with Crippen LogP contribution in [0.3, 0.4) is 0 Å². The first-order valence-corrected chi connectivity index (χ1v) is 10.4. The molecule has 1 aliphatic rings. The van der Waals surface area contributed by atoms with E-state index in [1.54, 1.807) is 0 Å². The Morgan fingerprint density at radius 3 is 2.32 bits per heavy atom. The van der Waals surface area contributed by atoms with Crippen molar-refractivity contribution in [3.63, 3.8) is 0 Å². The number of aliphatic imine (C=N–C) groups is 1. The fraction of sp³-hybridized carbons (Fsp3) is 0.381. The third-order valence-electron chi connectivity index (χ3n) is 5.16. The number of rotatable bonds is 8. The predicted octanol–water partition coefficient (Wildman–Crippen LogP) is 5.29. The van der Waals surface area contributed by atoms with E-state index in [0.29, 0.717) is 29.8 Å². The molecule has 0 radical (unpaired) electrons. The summed E-state index contributed by atoms with van der Waals surface area (Å²) in [7, 11) is 0.811. The Balaban J connectivity index is 2.06. The van der Waals surface area contributed by atoms with Gasteiger partial charge in [0, 0.05) is 31.1 Å². The lowest BCUT2D eigenvalue weighted by Gasteiger charge is -2.18. The van der Waals surface area contributed by atoms with Gasteiger partial charge < -0.3 is 15.8 Å². The number of carbonyl (C=O) groups excluding carboxylic acids is 1. The minimum Gasteiger partial charge on any atom is -0.428 e. The normalized spacial score (nSPS) is 15.4. The van der Waals surface area contributed by atoms with Gasteiger partial charge in [-0.05, 0) is 30.5 Å². The number of hydrogen-bond acceptors (Lipinski definition) is 5. The van der Waals surface area contributed by atoms with Gasteiger partial charge >= 0.3 is 24.9 Å². The topological polar surface area (TPSA) is 94.5 Å². The standard InChI is InChI=1S/C21H17F10N5O2/c1-36-16(14(38-18(22)23)15(35-36)19(24,25)21(29,30)31)33-8-10(7-32)9-2-5-13(20(26,27)28)12(6-9)17(37)34-11-3-4-11/h2,5-8,11,18H,3-4,32H2,1H3,(H,34,37). The lowest BCUT2D eigenvalue weighted by atomic mass is 9.99. The van der Waals surface area contributed by atoms with Crippen LogP contribution >= 0.6 is 0 Å². The molecule has 0 atom stereocenters. The average molecular weight is 561 g/mol. The van der Waals surface area contributed by atoms with Crippen molar-refractivity contribution in [2.75, 3.05) is 0 Å². The quantitative estimate of drug-likeness (QED) is 0.339. The van der Waals surface area contributed by atoms with Crippen molar-refractivity contribution < 1.29 is 53.4 Å². The molecule has 0 unspecified atom stereocenters. The highest BCUT2D eigenvalue weighted by Crippen LogP contribution is 2.49. The Morgan fingerprint density at radius 1 is 1.18 bits per heavy atom. The van der Waals surface area contributed by atoms with Crippen LogP contribution in [-0.4, -0.2) is 40.7 Å². The zero-order valence-electron chi connectivity index (χ0n) is 19.0. The van der Waals surface area contributed by atoms with E-state index < -0.39 is 59.2 Å². The zero-order valence-corrected chi connectivity index (χ0v) is 19.0. The summed E-state index contributed by atoms with van der Waals surface area (Å²) in [4.78, 5) is 16.0. The number of aromatic nitrogens is 2. The number of alkyl halides is 10. The molecule has 1 saturated carbocycles. The van der Waals surface area contributed by atoms with Gasteiger partial charge in [0.2, 0.25) is 0 Å². The molecule has 7 nitrogen and oxygen atoms in total. The van der Waals surface area contributed by atoms with E-state index in [1.807, 2.05) is 0 Å². The van der Waals surface area contributed by atoms with Gasteiger partial charge in [-0.15, -0.1) is 0 Å². The second kappa shape index (κ2) is 10.2. The van der Waals surface area contributed by atoms with Gasteiger partial charge in [0.1, 0.15) is 0 Å². The van der Waals surface area contributed by atoms with Gasteiger partial charge in [0.25, 0.3) is 5.91 Å². The van der Waals surface area contributed by atoms with Gasteiger partial charge in [-0.3, -0.25) is 4.79 Å². The molecule has 1 aromatic heterocycles. The number of benzene rings is 1. The number of amides is 1. The van der Waals surface area contributed by atoms with Crippen molar-refractivity contribution in [1.29, 1.82) is 0 Å². The van der Waals surface area contributed by atoms with E-state index >= 15 is 0 Å². The first kappa shape index (κ1) is 28.8. The second-order valence-corrected chi connectivity index (χ2v) is 7.96. The summed E-state index contributed by atoms with van der Waals surface area (Å²) in [5.74, 6) is -9.43. The highest BCUT2D eigenvalue weighted by molar-refractivity contribution is 6.11. The summed E-state index contributed by atoms with van der Waals surface area (Å²) in [5, 5.41) is 5.34. The van der Waals surface area contributed by atoms with Crippen LogP contribution < -0.4 is 15.8 Å². The van der Waals surface area contributed by atoms with E-state index in [4.69, 9.17) is 5.73 Å². The first-order valence-electron chi connectivity index (χ1n) is 10.4. The zero-order chi connectivity index (χ0) is 28.6. The number of ether oxygens (including phenoxy) is 1. The lowest BCUT2D eigenvalue weighted by Crippen LogP contribution is -2.34. The van der Waals surface area contributed by atoms with Crippen LogP contribution in [0.4, 0.5) is 49.7 Å². The van der Waals surface area contributed by atoms with Crippen LogP contribution in [0.5, 0.6) is 5.75 Å². The molecule has 1 fully saturated rings.